The summed E-state index contributed by atoms with van der Waals surface area (Å²) in [6.45, 7) is 8.49. The lowest BCUT2D eigenvalue weighted by Gasteiger charge is -2.20. The lowest BCUT2D eigenvalue weighted by molar-refractivity contribution is -0.384. The third-order valence-corrected chi connectivity index (χ3v) is 2.81. The quantitative estimate of drug-likeness (QED) is 0.275. The molecule has 0 fully saturated rings. The van der Waals surface area contributed by atoms with Crippen LogP contribution >= 0.6 is 12.2 Å². The van der Waals surface area contributed by atoms with Crippen molar-refractivity contribution in [2.75, 3.05) is 13.1 Å². The molecule has 1 aromatic rings. The standard InChI is InChI=1S/C14H16N4O2S/c1-3-9-17(10-4-2)14(21)16-15-11-12-5-7-13(8-6-12)18(19)20/h3-8,11H,1-2,9-10H2,(H,16,21)/b15-11-. The molecule has 0 bridgehead atoms. The van der Waals surface area contributed by atoms with Gasteiger partial charge in [0, 0.05) is 25.2 Å². The predicted octanol–water partition coefficient (Wildman–Crippen LogP) is 2.48. The van der Waals surface area contributed by atoms with Crippen molar-refractivity contribution in [3.05, 3.63) is 65.3 Å². The highest BCUT2D eigenvalue weighted by Crippen LogP contribution is 2.10. The number of hydrazone groups is 1. The Morgan fingerprint density at radius 3 is 2.38 bits per heavy atom. The SMILES string of the molecule is C=CCN(CC=C)C(=S)N/N=C\c1ccc([N+](=O)[O-])cc1. The summed E-state index contributed by atoms with van der Waals surface area (Å²) in [6, 6.07) is 6.05. The second-order valence-electron chi connectivity index (χ2n) is 4.01. The Balaban J connectivity index is 2.60. The Bertz CT molecular complexity index is 545. The molecule has 0 aliphatic heterocycles. The van der Waals surface area contributed by atoms with E-state index in [1.54, 1.807) is 24.3 Å². The highest BCUT2D eigenvalue weighted by Gasteiger charge is 2.05. The predicted molar refractivity (Wildman–Crippen MR) is 88.4 cm³/mol. The maximum absolute atomic E-state index is 10.5. The Morgan fingerprint density at radius 2 is 1.90 bits per heavy atom. The summed E-state index contributed by atoms with van der Waals surface area (Å²) in [7, 11) is 0. The molecule has 0 aliphatic rings. The van der Waals surface area contributed by atoms with Crippen molar-refractivity contribution >= 4 is 29.2 Å². The van der Waals surface area contributed by atoms with Crippen LogP contribution in [-0.2, 0) is 0 Å². The molecule has 0 aliphatic carbocycles. The second-order valence-corrected chi connectivity index (χ2v) is 4.39. The Labute approximate surface area is 128 Å². The number of thiocarbonyl (C=S) groups is 1. The molecule has 0 saturated carbocycles. The van der Waals surface area contributed by atoms with Gasteiger partial charge in [0.05, 0.1) is 11.1 Å². The molecular weight excluding hydrogens is 288 g/mol. The topological polar surface area (TPSA) is 70.8 Å². The Hall–Kier alpha value is -2.54. The zero-order valence-corrected chi connectivity index (χ0v) is 12.3. The van der Waals surface area contributed by atoms with Gasteiger partial charge in [-0.3, -0.25) is 15.5 Å². The molecule has 0 saturated heterocycles. The number of nitrogens with zero attached hydrogens (tertiary/aromatic N) is 3. The lowest BCUT2D eigenvalue weighted by atomic mass is 10.2. The molecule has 1 rings (SSSR count). The van der Waals surface area contributed by atoms with Gasteiger partial charge in [-0.2, -0.15) is 5.10 Å². The van der Waals surface area contributed by atoms with Gasteiger partial charge < -0.3 is 4.90 Å². The minimum Gasteiger partial charge on any atom is -0.340 e. The first kappa shape index (κ1) is 16.5. The van der Waals surface area contributed by atoms with Gasteiger partial charge >= 0.3 is 0 Å². The molecule has 0 heterocycles. The van der Waals surface area contributed by atoms with Crippen molar-refractivity contribution in [3.63, 3.8) is 0 Å². The van der Waals surface area contributed by atoms with Crippen molar-refractivity contribution in [3.8, 4) is 0 Å². The third kappa shape index (κ3) is 5.53. The van der Waals surface area contributed by atoms with E-state index in [4.69, 9.17) is 12.2 Å². The normalized spacial score (nSPS) is 10.1. The molecule has 0 radical (unpaired) electrons. The maximum Gasteiger partial charge on any atom is 0.269 e. The van der Waals surface area contributed by atoms with Crippen molar-refractivity contribution in [2.45, 2.75) is 0 Å². The monoisotopic (exact) mass is 304 g/mol. The first-order chi connectivity index (χ1) is 10.1. The van der Waals surface area contributed by atoms with Crippen LogP contribution in [0.1, 0.15) is 5.56 Å². The number of hydrogen-bond acceptors (Lipinski definition) is 4. The van der Waals surface area contributed by atoms with E-state index < -0.39 is 4.92 Å². The number of nitro benzene ring substituents is 1. The smallest absolute Gasteiger partial charge is 0.269 e. The second kappa shape index (κ2) is 8.60. The number of rotatable bonds is 7. The van der Waals surface area contributed by atoms with E-state index in [0.29, 0.717) is 18.2 Å². The van der Waals surface area contributed by atoms with Gasteiger partial charge in [0.25, 0.3) is 5.69 Å². The van der Waals surface area contributed by atoms with Crippen LogP contribution in [0, 0.1) is 10.1 Å². The summed E-state index contributed by atoms with van der Waals surface area (Å²) >= 11 is 5.19. The third-order valence-electron chi connectivity index (χ3n) is 2.46. The minimum absolute atomic E-state index is 0.0405. The van der Waals surface area contributed by atoms with Gasteiger partial charge in [0.2, 0.25) is 0 Å². The van der Waals surface area contributed by atoms with Crippen LogP contribution in [0.5, 0.6) is 0 Å². The number of benzene rings is 1. The van der Waals surface area contributed by atoms with E-state index in [9.17, 15) is 10.1 Å². The average molecular weight is 304 g/mol. The van der Waals surface area contributed by atoms with E-state index in [2.05, 4.69) is 23.7 Å². The summed E-state index contributed by atoms with van der Waals surface area (Å²) in [5, 5.41) is 15.0. The van der Waals surface area contributed by atoms with Crippen molar-refractivity contribution in [1.82, 2.24) is 10.3 Å². The summed E-state index contributed by atoms with van der Waals surface area (Å²) in [4.78, 5) is 11.9. The lowest BCUT2D eigenvalue weighted by Crippen LogP contribution is -2.37. The summed E-state index contributed by atoms with van der Waals surface area (Å²) in [6.07, 6.45) is 5.01. The zero-order chi connectivity index (χ0) is 15.7. The van der Waals surface area contributed by atoms with E-state index in [0.717, 1.165) is 5.56 Å². The van der Waals surface area contributed by atoms with Crippen molar-refractivity contribution in [2.24, 2.45) is 5.10 Å². The van der Waals surface area contributed by atoms with Crippen LogP contribution < -0.4 is 5.43 Å². The number of non-ortho nitro benzene ring substituents is 1. The van der Waals surface area contributed by atoms with E-state index in [-0.39, 0.29) is 5.69 Å². The maximum atomic E-state index is 10.5. The largest absolute Gasteiger partial charge is 0.340 e. The molecule has 0 aromatic heterocycles. The minimum atomic E-state index is -0.448. The highest BCUT2D eigenvalue weighted by molar-refractivity contribution is 7.80. The van der Waals surface area contributed by atoms with Gasteiger partial charge in [0.1, 0.15) is 0 Å². The van der Waals surface area contributed by atoms with E-state index in [1.807, 2.05) is 4.90 Å². The molecule has 1 aromatic carbocycles. The Morgan fingerprint density at radius 1 is 1.33 bits per heavy atom. The molecule has 0 unspecified atom stereocenters. The summed E-state index contributed by atoms with van der Waals surface area (Å²) < 4.78 is 0. The molecule has 110 valence electrons. The van der Waals surface area contributed by atoms with Crippen molar-refractivity contribution in [1.29, 1.82) is 0 Å². The van der Waals surface area contributed by atoms with Gasteiger partial charge in [-0.05, 0) is 29.9 Å². The molecule has 1 N–H and O–H groups in total. The fourth-order valence-corrected chi connectivity index (χ4v) is 1.67. The first-order valence-corrected chi connectivity index (χ1v) is 6.53. The molecular formula is C14H16N4O2S. The van der Waals surface area contributed by atoms with Crippen LogP contribution in [0.15, 0.2) is 54.7 Å². The Kier molecular flexibility index (Phi) is 6.76. The molecule has 0 spiro atoms. The molecule has 0 amide bonds. The van der Waals surface area contributed by atoms with E-state index in [1.165, 1.54) is 18.3 Å². The van der Waals surface area contributed by atoms with Crippen molar-refractivity contribution < 1.29 is 4.92 Å². The molecule has 7 heteroatoms. The average Bonchev–Trinajstić information content (AvgIpc) is 2.47. The number of nitro groups is 1. The zero-order valence-electron chi connectivity index (χ0n) is 11.4. The fraction of sp³-hybridized carbons (Fsp3) is 0.143. The highest BCUT2D eigenvalue weighted by atomic mass is 32.1. The van der Waals surface area contributed by atoms with Crippen LogP contribution in [0.25, 0.3) is 0 Å². The van der Waals surface area contributed by atoms with Crippen LogP contribution in [0.4, 0.5) is 5.69 Å². The number of hydrogen-bond donors (Lipinski definition) is 1. The summed E-state index contributed by atoms with van der Waals surface area (Å²) in [5.41, 5.74) is 3.51. The number of nitrogens with one attached hydrogen (secondary N) is 1. The molecule has 0 atom stereocenters. The fourth-order valence-electron chi connectivity index (χ4n) is 1.47. The van der Waals surface area contributed by atoms with Gasteiger partial charge in [-0.1, -0.05) is 12.2 Å². The van der Waals surface area contributed by atoms with Gasteiger partial charge in [-0.25, -0.2) is 0 Å². The molecule has 21 heavy (non-hydrogen) atoms. The molecule has 6 nitrogen and oxygen atoms in total. The van der Waals surface area contributed by atoms with Gasteiger partial charge in [-0.15, -0.1) is 13.2 Å². The summed E-state index contributed by atoms with van der Waals surface area (Å²) in [5.74, 6) is 0. The van der Waals surface area contributed by atoms with E-state index >= 15 is 0 Å². The van der Waals surface area contributed by atoms with Crippen LogP contribution in [-0.4, -0.2) is 34.2 Å². The first-order valence-electron chi connectivity index (χ1n) is 6.12. The van der Waals surface area contributed by atoms with Gasteiger partial charge in [0.15, 0.2) is 5.11 Å². The van der Waals surface area contributed by atoms with Crippen LogP contribution in [0.3, 0.4) is 0 Å². The van der Waals surface area contributed by atoms with Crippen LogP contribution in [0.2, 0.25) is 0 Å².